The zero-order chi connectivity index (χ0) is 10.5. The highest BCUT2D eigenvalue weighted by atomic mass is 14.9. The van der Waals surface area contributed by atoms with Crippen LogP contribution in [0.4, 0.5) is 11.4 Å². The summed E-state index contributed by atoms with van der Waals surface area (Å²) in [5.74, 6) is 0. The molecule has 3 nitrogen and oxygen atoms in total. The Morgan fingerprint density at radius 3 is 2.67 bits per heavy atom. The second-order valence-corrected chi connectivity index (χ2v) is 3.29. The summed E-state index contributed by atoms with van der Waals surface area (Å²) in [6.45, 7) is 0.698. The minimum atomic E-state index is 0.698. The Balaban J connectivity index is 2.03. The zero-order valence-corrected chi connectivity index (χ0v) is 8.35. The van der Waals surface area contributed by atoms with Crippen LogP contribution in [0, 0.1) is 0 Å². The van der Waals surface area contributed by atoms with Gasteiger partial charge in [-0.25, -0.2) is 0 Å². The number of benzene rings is 1. The minimum absolute atomic E-state index is 0.698. The topological polar surface area (TPSA) is 50.9 Å². The third kappa shape index (κ3) is 2.47. The van der Waals surface area contributed by atoms with Crippen molar-refractivity contribution in [3.05, 3.63) is 54.4 Å². The predicted molar refractivity (Wildman–Crippen MR) is 62.4 cm³/mol. The number of nitrogen functional groups attached to an aromatic ring is 1. The fraction of sp³-hybridized carbons (Fsp3) is 0.0833. The molecule has 0 aliphatic rings. The minimum Gasteiger partial charge on any atom is -0.398 e. The number of anilines is 2. The van der Waals surface area contributed by atoms with Crippen molar-refractivity contribution >= 4 is 11.4 Å². The fourth-order valence-corrected chi connectivity index (χ4v) is 1.34. The summed E-state index contributed by atoms with van der Waals surface area (Å²) in [7, 11) is 0. The van der Waals surface area contributed by atoms with Crippen LogP contribution in [0.25, 0.3) is 0 Å². The van der Waals surface area contributed by atoms with Crippen LogP contribution >= 0.6 is 0 Å². The number of para-hydroxylation sites is 1. The van der Waals surface area contributed by atoms with Gasteiger partial charge in [0.05, 0.1) is 0 Å². The molecule has 0 fully saturated rings. The van der Waals surface area contributed by atoms with E-state index in [-0.39, 0.29) is 0 Å². The molecule has 1 heterocycles. The van der Waals surface area contributed by atoms with Crippen LogP contribution in [0.1, 0.15) is 5.56 Å². The summed E-state index contributed by atoms with van der Waals surface area (Å²) < 4.78 is 0. The van der Waals surface area contributed by atoms with Gasteiger partial charge in [-0.2, -0.15) is 0 Å². The first kappa shape index (κ1) is 9.52. The van der Waals surface area contributed by atoms with Crippen molar-refractivity contribution in [3.8, 4) is 0 Å². The number of hydrogen-bond acceptors (Lipinski definition) is 3. The lowest BCUT2D eigenvalue weighted by atomic mass is 10.2. The summed E-state index contributed by atoms with van der Waals surface area (Å²) in [6.07, 6.45) is 3.48. The second-order valence-electron chi connectivity index (χ2n) is 3.29. The normalized spacial score (nSPS) is 9.87. The predicted octanol–water partition coefficient (Wildman–Crippen LogP) is 2.28. The van der Waals surface area contributed by atoms with Gasteiger partial charge in [-0.3, -0.25) is 4.98 Å². The maximum atomic E-state index is 5.80. The second kappa shape index (κ2) is 4.46. The van der Waals surface area contributed by atoms with Gasteiger partial charge in [-0.05, 0) is 18.2 Å². The molecule has 0 unspecified atom stereocenters. The first-order chi connectivity index (χ1) is 7.36. The van der Waals surface area contributed by atoms with Gasteiger partial charge in [0, 0.05) is 35.9 Å². The van der Waals surface area contributed by atoms with Gasteiger partial charge < -0.3 is 11.1 Å². The van der Waals surface area contributed by atoms with E-state index in [1.807, 2.05) is 36.4 Å². The van der Waals surface area contributed by atoms with Crippen molar-refractivity contribution in [2.24, 2.45) is 0 Å². The van der Waals surface area contributed by atoms with E-state index >= 15 is 0 Å². The molecule has 0 aliphatic carbocycles. The van der Waals surface area contributed by atoms with Gasteiger partial charge >= 0.3 is 0 Å². The molecule has 0 radical (unpaired) electrons. The largest absolute Gasteiger partial charge is 0.398 e. The van der Waals surface area contributed by atoms with E-state index in [9.17, 15) is 0 Å². The van der Waals surface area contributed by atoms with Gasteiger partial charge in [0.1, 0.15) is 0 Å². The Labute approximate surface area is 89.0 Å². The SMILES string of the molecule is Nc1ccncc1CNc1ccccc1. The van der Waals surface area contributed by atoms with Crippen LogP contribution in [0.2, 0.25) is 0 Å². The highest BCUT2D eigenvalue weighted by molar-refractivity contribution is 5.48. The van der Waals surface area contributed by atoms with E-state index in [1.165, 1.54) is 0 Å². The van der Waals surface area contributed by atoms with Gasteiger partial charge in [-0.15, -0.1) is 0 Å². The third-order valence-corrected chi connectivity index (χ3v) is 2.20. The lowest BCUT2D eigenvalue weighted by molar-refractivity contribution is 1.12. The molecule has 0 spiro atoms. The van der Waals surface area contributed by atoms with Gasteiger partial charge in [0.2, 0.25) is 0 Å². The molecular formula is C12H13N3. The van der Waals surface area contributed by atoms with E-state index in [0.29, 0.717) is 6.54 Å². The Hall–Kier alpha value is -2.03. The van der Waals surface area contributed by atoms with Crippen molar-refractivity contribution in [3.63, 3.8) is 0 Å². The quantitative estimate of drug-likeness (QED) is 0.797. The Morgan fingerprint density at radius 1 is 1.13 bits per heavy atom. The van der Waals surface area contributed by atoms with Crippen LogP contribution in [0.15, 0.2) is 48.8 Å². The Kier molecular flexibility index (Phi) is 2.83. The van der Waals surface area contributed by atoms with E-state index in [4.69, 9.17) is 5.73 Å². The van der Waals surface area contributed by atoms with Gasteiger partial charge in [0.25, 0.3) is 0 Å². The monoisotopic (exact) mass is 199 g/mol. The van der Waals surface area contributed by atoms with Crippen molar-refractivity contribution < 1.29 is 0 Å². The fourth-order valence-electron chi connectivity index (χ4n) is 1.34. The average molecular weight is 199 g/mol. The third-order valence-electron chi connectivity index (χ3n) is 2.20. The molecule has 15 heavy (non-hydrogen) atoms. The van der Waals surface area contributed by atoms with Crippen LogP contribution < -0.4 is 11.1 Å². The van der Waals surface area contributed by atoms with Crippen LogP contribution in [0.3, 0.4) is 0 Å². The van der Waals surface area contributed by atoms with Crippen LogP contribution in [-0.4, -0.2) is 4.98 Å². The van der Waals surface area contributed by atoms with E-state index in [0.717, 1.165) is 16.9 Å². The molecule has 2 aromatic rings. The van der Waals surface area contributed by atoms with Crippen molar-refractivity contribution in [1.82, 2.24) is 4.98 Å². The maximum Gasteiger partial charge on any atom is 0.0436 e. The molecule has 3 N–H and O–H groups in total. The molecule has 2 rings (SSSR count). The standard InChI is InChI=1S/C12H13N3/c13-12-6-7-14-8-10(12)9-15-11-4-2-1-3-5-11/h1-8,15H,9H2,(H2,13,14). The highest BCUT2D eigenvalue weighted by Crippen LogP contribution is 2.12. The summed E-state index contributed by atoms with van der Waals surface area (Å²) in [5, 5.41) is 3.28. The smallest absolute Gasteiger partial charge is 0.0436 e. The van der Waals surface area contributed by atoms with Crippen LogP contribution in [-0.2, 0) is 6.54 Å². The number of rotatable bonds is 3. The molecule has 0 saturated heterocycles. The number of nitrogens with zero attached hydrogens (tertiary/aromatic N) is 1. The molecule has 3 heteroatoms. The van der Waals surface area contributed by atoms with E-state index in [2.05, 4.69) is 10.3 Å². The van der Waals surface area contributed by atoms with Crippen molar-refractivity contribution in [2.75, 3.05) is 11.1 Å². The molecule has 1 aromatic heterocycles. The first-order valence-electron chi connectivity index (χ1n) is 4.83. The molecular weight excluding hydrogens is 186 g/mol. The summed E-state index contributed by atoms with van der Waals surface area (Å²) in [5.41, 5.74) is 8.68. The molecule has 1 aromatic carbocycles. The maximum absolute atomic E-state index is 5.80. The number of nitrogens with one attached hydrogen (secondary N) is 1. The highest BCUT2D eigenvalue weighted by Gasteiger charge is 1.97. The van der Waals surface area contributed by atoms with Crippen molar-refractivity contribution in [1.29, 1.82) is 0 Å². The number of hydrogen-bond donors (Lipinski definition) is 2. The van der Waals surface area contributed by atoms with Gasteiger partial charge in [0.15, 0.2) is 0 Å². The zero-order valence-electron chi connectivity index (χ0n) is 8.35. The first-order valence-corrected chi connectivity index (χ1v) is 4.83. The molecule has 0 bridgehead atoms. The van der Waals surface area contributed by atoms with Crippen molar-refractivity contribution in [2.45, 2.75) is 6.54 Å². The lowest BCUT2D eigenvalue weighted by Gasteiger charge is -2.07. The Bertz CT molecular complexity index is 426. The average Bonchev–Trinajstić information content (AvgIpc) is 2.29. The van der Waals surface area contributed by atoms with Crippen LogP contribution in [0.5, 0.6) is 0 Å². The molecule has 0 atom stereocenters. The lowest BCUT2D eigenvalue weighted by Crippen LogP contribution is -2.03. The number of pyridine rings is 1. The molecule has 0 saturated carbocycles. The number of nitrogens with two attached hydrogens (primary N) is 1. The summed E-state index contributed by atoms with van der Waals surface area (Å²) >= 11 is 0. The van der Waals surface area contributed by atoms with E-state index in [1.54, 1.807) is 12.4 Å². The Morgan fingerprint density at radius 2 is 1.93 bits per heavy atom. The summed E-state index contributed by atoms with van der Waals surface area (Å²) in [4.78, 5) is 4.04. The molecule has 0 amide bonds. The molecule has 76 valence electrons. The number of aromatic nitrogens is 1. The summed E-state index contributed by atoms with van der Waals surface area (Å²) in [6, 6.07) is 11.8. The van der Waals surface area contributed by atoms with Gasteiger partial charge in [-0.1, -0.05) is 18.2 Å². The molecule has 0 aliphatic heterocycles. The van der Waals surface area contributed by atoms with E-state index < -0.39 is 0 Å².